The molecule has 7 heteroatoms. The van der Waals surface area contributed by atoms with E-state index >= 15 is 0 Å². The third kappa shape index (κ3) is 4.66. The van der Waals surface area contributed by atoms with Crippen LogP contribution in [-0.2, 0) is 4.79 Å². The van der Waals surface area contributed by atoms with Crippen LogP contribution in [0.25, 0.3) is 0 Å². The van der Waals surface area contributed by atoms with E-state index in [0.717, 1.165) is 37.3 Å². The van der Waals surface area contributed by atoms with Crippen LogP contribution >= 0.6 is 0 Å². The Kier molecular flexibility index (Phi) is 6.85. The molecule has 2 heterocycles. The summed E-state index contributed by atoms with van der Waals surface area (Å²) in [7, 11) is 5.78. The smallest absolute Gasteiger partial charge is 0.236 e. The summed E-state index contributed by atoms with van der Waals surface area (Å²) < 4.78 is 0. The highest BCUT2D eigenvalue weighted by atomic mass is 16.2. The third-order valence-electron chi connectivity index (χ3n) is 4.94. The first-order valence-corrected chi connectivity index (χ1v) is 9.14. The molecule has 2 rings (SSSR count). The highest BCUT2D eigenvalue weighted by molar-refractivity contribution is 6.00. The number of aromatic amines is 1. The largest absolute Gasteiger partial charge is 0.360 e. The van der Waals surface area contributed by atoms with E-state index in [9.17, 15) is 4.79 Å². The molecule has 2 atom stereocenters. The summed E-state index contributed by atoms with van der Waals surface area (Å²) in [5.74, 6) is 2.02. The Morgan fingerprint density at radius 1 is 1.50 bits per heavy atom. The highest BCUT2D eigenvalue weighted by Gasteiger charge is 2.38. The van der Waals surface area contributed by atoms with Gasteiger partial charge in [-0.25, -0.2) is 0 Å². The van der Waals surface area contributed by atoms with Crippen molar-refractivity contribution in [1.82, 2.24) is 19.7 Å². The molecule has 0 saturated carbocycles. The monoisotopic (exact) mass is 360 g/mol. The number of rotatable bonds is 9. The van der Waals surface area contributed by atoms with Crippen LogP contribution in [0.5, 0.6) is 0 Å². The van der Waals surface area contributed by atoms with E-state index in [4.69, 9.17) is 5.41 Å². The fraction of sp³-hybridized carbons (Fsp3) is 0.579. The zero-order chi connectivity index (χ0) is 19.3. The van der Waals surface area contributed by atoms with Gasteiger partial charge in [-0.3, -0.25) is 10.2 Å². The predicted molar refractivity (Wildman–Crippen MR) is 107 cm³/mol. The number of aromatic nitrogens is 1. The Morgan fingerprint density at radius 2 is 2.23 bits per heavy atom. The number of hydrogen-bond acceptors (Lipinski definition) is 4. The second-order valence-electron chi connectivity index (χ2n) is 7.36. The van der Waals surface area contributed by atoms with Crippen LogP contribution in [-0.4, -0.2) is 78.2 Å². The van der Waals surface area contributed by atoms with Gasteiger partial charge in [-0.15, -0.1) is 0 Å². The van der Waals surface area contributed by atoms with Crippen molar-refractivity contribution in [3.63, 3.8) is 0 Å². The second kappa shape index (κ2) is 8.89. The maximum absolute atomic E-state index is 12.3. The Morgan fingerprint density at radius 3 is 2.85 bits per heavy atom. The van der Waals surface area contributed by atoms with E-state index in [1.54, 1.807) is 6.20 Å². The molecular formula is C19H32N6O. The van der Waals surface area contributed by atoms with Gasteiger partial charge in [0.15, 0.2) is 0 Å². The molecule has 1 aromatic rings. The van der Waals surface area contributed by atoms with Gasteiger partial charge in [0, 0.05) is 32.4 Å². The van der Waals surface area contributed by atoms with Gasteiger partial charge in [0.1, 0.15) is 11.7 Å². The molecular weight excluding hydrogens is 328 g/mol. The van der Waals surface area contributed by atoms with Crippen molar-refractivity contribution < 1.29 is 4.79 Å². The van der Waals surface area contributed by atoms with Crippen LogP contribution in [0.15, 0.2) is 25.0 Å². The minimum atomic E-state index is 0.215. The number of amides is 1. The summed E-state index contributed by atoms with van der Waals surface area (Å²) in [6, 6.07) is 2.22. The van der Waals surface area contributed by atoms with Gasteiger partial charge in [-0.2, -0.15) is 0 Å². The lowest BCUT2D eigenvalue weighted by atomic mass is 9.86. The lowest BCUT2D eigenvalue weighted by Crippen LogP contribution is -2.59. The molecule has 1 amide bonds. The molecule has 0 unspecified atom stereocenters. The molecule has 0 aliphatic carbocycles. The number of likely N-dealkylation sites (tertiary alicyclic amines) is 1. The molecule has 0 radical (unpaired) electrons. The van der Waals surface area contributed by atoms with Crippen LogP contribution < -0.4 is 5.32 Å². The third-order valence-corrected chi connectivity index (χ3v) is 4.94. The number of anilines is 1. The number of nitrogens with one attached hydrogen (secondary N) is 3. The van der Waals surface area contributed by atoms with Gasteiger partial charge in [0.05, 0.1) is 12.1 Å². The number of carbonyl (C=O) groups is 1. The maximum Gasteiger partial charge on any atom is 0.236 e. The van der Waals surface area contributed by atoms with Gasteiger partial charge < -0.3 is 25.0 Å². The molecule has 1 saturated heterocycles. The Balaban J connectivity index is 1.82. The SMILES string of the molecule is C=CNc1[nH]ccc1C(=N)N(C)CCC[C@@H]1[C@H](C)CN1C(=O)CN(C)C. The Bertz CT molecular complexity index is 638. The average molecular weight is 361 g/mol. The van der Waals surface area contributed by atoms with Crippen molar-refractivity contribution >= 4 is 17.6 Å². The first-order valence-electron chi connectivity index (χ1n) is 9.14. The van der Waals surface area contributed by atoms with Crippen molar-refractivity contribution in [3.8, 4) is 0 Å². The van der Waals surface area contributed by atoms with E-state index < -0.39 is 0 Å². The number of hydrogen-bond donors (Lipinski definition) is 3. The van der Waals surface area contributed by atoms with Crippen LogP contribution in [0.4, 0.5) is 5.82 Å². The molecule has 1 aliphatic rings. The van der Waals surface area contributed by atoms with Crippen LogP contribution in [0, 0.1) is 11.3 Å². The number of nitrogens with zero attached hydrogens (tertiary/aromatic N) is 3. The molecule has 1 aromatic heterocycles. The van der Waals surface area contributed by atoms with Crippen LogP contribution in [0.1, 0.15) is 25.3 Å². The summed E-state index contributed by atoms with van der Waals surface area (Å²) in [4.78, 5) is 21.2. The molecule has 0 spiro atoms. The molecule has 1 fully saturated rings. The quantitative estimate of drug-likeness (QED) is 0.465. The fourth-order valence-corrected chi connectivity index (χ4v) is 3.47. The summed E-state index contributed by atoms with van der Waals surface area (Å²) in [5, 5.41) is 11.4. The zero-order valence-electron chi connectivity index (χ0n) is 16.4. The molecule has 1 aliphatic heterocycles. The van der Waals surface area contributed by atoms with Gasteiger partial charge in [-0.05, 0) is 45.1 Å². The summed E-state index contributed by atoms with van der Waals surface area (Å²) in [5.41, 5.74) is 0.826. The summed E-state index contributed by atoms with van der Waals surface area (Å²) in [6.07, 6.45) is 5.34. The second-order valence-corrected chi connectivity index (χ2v) is 7.36. The Labute approximate surface area is 156 Å². The van der Waals surface area contributed by atoms with E-state index in [-0.39, 0.29) is 5.91 Å². The first-order chi connectivity index (χ1) is 12.3. The lowest BCUT2D eigenvalue weighted by Gasteiger charge is -2.47. The maximum atomic E-state index is 12.3. The minimum absolute atomic E-state index is 0.215. The van der Waals surface area contributed by atoms with Crippen molar-refractivity contribution in [3.05, 3.63) is 30.6 Å². The molecule has 7 nitrogen and oxygen atoms in total. The molecule has 3 N–H and O–H groups in total. The predicted octanol–water partition coefficient (Wildman–Crippen LogP) is 2.02. The average Bonchev–Trinajstić information content (AvgIpc) is 3.03. The molecule has 26 heavy (non-hydrogen) atoms. The van der Waals surface area contributed by atoms with Gasteiger partial charge in [0.25, 0.3) is 0 Å². The first kappa shape index (κ1) is 20.0. The fourth-order valence-electron chi connectivity index (χ4n) is 3.47. The highest BCUT2D eigenvalue weighted by Crippen LogP contribution is 2.28. The normalized spacial score (nSPS) is 19.2. The lowest BCUT2D eigenvalue weighted by molar-refractivity contribution is -0.144. The van der Waals surface area contributed by atoms with E-state index in [2.05, 4.69) is 23.8 Å². The number of carbonyl (C=O) groups excluding carboxylic acids is 1. The van der Waals surface area contributed by atoms with Crippen molar-refractivity contribution in [2.45, 2.75) is 25.8 Å². The van der Waals surface area contributed by atoms with Gasteiger partial charge in [-0.1, -0.05) is 13.5 Å². The molecule has 0 aromatic carbocycles. The van der Waals surface area contributed by atoms with Crippen molar-refractivity contribution in [2.24, 2.45) is 5.92 Å². The molecule has 144 valence electrons. The molecule has 0 bridgehead atoms. The summed E-state index contributed by atoms with van der Waals surface area (Å²) >= 11 is 0. The number of H-pyrrole nitrogens is 1. The van der Waals surface area contributed by atoms with Gasteiger partial charge >= 0.3 is 0 Å². The standard InChI is InChI=1S/C19H32N6O/c1-6-21-19-15(9-10-22-19)18(20)24(5)11-7-8-16-14(2)12-25(16)17(26)13-23(3)4/h6,9-10,14,16,20-22H,1,7-8,11-13H2,2-5H3/t14-,16-/m1/s1. The van der Waals surface area contributed by atoms with Crippen molar-refractivity contribution in [2.75, 3.05) is 46.1 Å². The minimum Gasteiger partial charge on any atom is -0.360 e. The van der Waals surface area contributed by atoms with Crippen molar-refractivity contribution in [1.29, 1.82) is 5.41 Å². The van der Waals surface area contributed by atoms with E-state index in [0.29, 0.717) is 24.3 Å². The number of amidine groups is 1. The van der Waals surface area contributed by atoms with E-state index in [1.165, 1.54) is 0 Å². The van der Waals surface area contributed by atoms with Crippen LogP contribution in [0.2, 0.25) is 0 Å². The summed E-state index contributed by atoms with van der Waals surface area (Å²) in [6.45, 7) is 8.00. The van der Waals surface area contributed by atoms with E-state index in [1.807, 2.05) is 48.1 Å². The zero-order valence-corrected chi connectivity index (χ0v) is 16.4. The van der Waals surface area contributed by atoms with Gasteiger partial charge in [0.2, 0.25) is 5.91 Å². The number of likely N-dealkylation sites (N-methyl/N-ethyl adjacent to an activating group) is 1. The van der Waals surface area contributed by atoms with Crippen LogP contribution in [0.3, 0.4) is 0 Å². The topological polar surface area (TPSA) is 78.5 Å². The Hall–Kier alpha value is -2.28.